The molecule has 1 amide bonds. The number of carbonyl (C=O) groups excluding carboxylic acids is 2. The van der Waals surface area contributed by atoms with Gasteiger partial charge in [0.05, 0.1) is 13.7 Å². The molecule has 0 aliphatic heterocycles. The van der Waals surface area contributed by atoms with E-state index < -0.39 is 0 Å². The fourth-order valence-electron chi connectivity index (χ4n) is 3.37. The smallest absolute Gasteiger partial charge is 0.348 e. The molecule has 0 radical (unpaired) electrons. The van der Waals surface area contributed by atoms with E-state index in [-0.39, 0.29) is 18.5 Å². The number of esters is 1. The maximum Gasteiger partial charge on any atom is 0.348 e. The summed E-state index contributed by atoms with van der Waals surface area (Å²) < 4.78 is 17.3. The lowest BCUT2D eigenvalue weighted by Crippen LogP contribution is -2.13. The quantitative estimate of drug-likeness (QED) is 0.280. The van der Waals surface area contributed by atoms with Gasteiger partial charge in [0.25, 0.3) is 5.91 Å². The minimum Gasteiger partial charge on any atom is -0.493 e. The van der Waals surface area contributed by atoms with Crippen LogP contribution < -0.4 is 14.8 Å². The first-order valence-electron chi connectivity index (χ1n) is 10.5. The molecule has 6 nitrogen and oxygen atoms in total. The standard InChI is InChI=1S/C26H22ClNO5S/c1-3-32-22-9-7-16(11-18(22)15-33-21-6-4-5-19(27)14-21)25(29)28-20-8-10-23-17(12-20)13-24(34-23)26(30)31-2/h4-14H,3,15H2,1-2H3,(H,28,29). The van der Waals surface area contributed by atoms with Gasteiger partial charge in [-0.1, -0.05) is 17.7 Å². The van der Waals surface area contributed by atoms with Crippen molar-refractivity contribution in [3.05, 3.63) is 87.8 Å². The number of thiophene rings is 1. The number of amides is 1. The molecule has 1 N–H and O–H groups in total. The summed E-state index contributed by atoms with van der Waals surface area (Å²) in [6.07, 6.45) is 0. The predicted molar refractivity (Wildman–Crippen MR) is 135 cm³/mol. The summed E-state index contributed by atoms with van der Waals surface area (Å²) >= 11 is 7.38. The van der Waals surface area contributed by atoms with Gasteiger partial charge in [-0.25, -0.2) is 4.79 Å². The number of anilines is 1. The highest BCUT2D eigenvalue weighted by Crippen LogP contribution is 2.29. The molecule has 0 fully saturated rings. The number of hydrogen-bond acceptors (Lipinski definition) is 6. The lowest BCUT2D eigenvalue weighted by molar-refractivity contribution is 0.0606. The maximum absolute atomic E-state index is 13.0. The number of rotatable bonds is 8. The number of benzene rings is 3. The Morgan fingerprint density at radius 1 is 1.00 bits per heavy atom. The molecule has 34 heavy (non-hydrogen) atoms. The first-order valence-corrected chi connectivity index (χ1v) is 11.7. The Balaban J connectivity index is 1.53. The monoisotopic (exact) mass is 495 g/mol. The highest BCUT2D eigenvalue weighted by molar-refractivity contribution is 7.20. The topological polar surface area (TPSA) is 73.9 Å². The second kappa shape index (κ2) is 10.6. The first-order chi connectivity index (χ1) is 16.5. The fourth-order valence-corrected chi connectivity index (χ4v) is 4.51. The van der Waals surface area contributed by atoms with Gasteiger partial charge in [0.1, 0.15) is 23.0 Å². The van der Waals surface area contributed by atoms with Crippen LogP contribution in [0.15, 0.2) is 66.7 Å². The van der Waals surface area contributed by atoms with E-state index >= 15 is 0 Å². The van der Waals surface area contributed by atoms with Crippen LogP contribution >= 0.6 is 22.9 Å². The first kappa shape index (κ1) is 23.6. The van der Waals surface area contributed by atoms with Crippen molar-refractivity contribution >= 4 is 50.6 Å². The molecule has 3 aromatic carbocycles. The summed E-state index contributed by atoms with van der Waals surface area (Å²) in [5.74, 6) is 0.625. The number of carbonyl (C=O) groups is 2. The SMILES string of the molecule is CCOc1ccc(C(=O)Nc2ccc3sc(C(=O)OC)cc3c2)cc1COc1cccc(Cl)c1. The number of nitrogens with one attached hydrogen (secondary N) is 1. The highest BCUT2D eigenvalue weighted by Gasteiger charge is 2.14. The van der Waals surface area contributed by atoms with Gasteiger partial charge in [0.2, 0.25) is 0 Å². The van der Waals surface area contributed by atoms with Crippen molar-refractivity contribution in [1.29, 1.82) is 0 Å². The summed E-state index contributed by atoms with van der Waals surface area (Å²) in [7, 11) is 1.35. The summed E-state index contributed by atoms with van der Waals surface area (Å²) in [5.41, 5.74) is 1.83. The molecule has 0 saturated heterocycles. The van der Waals surface area contributed by atoms with Crippen LogP contribution in [-0.2, 0) is 11.3 Å². The third-order valence-electron chi connectivity index (χ3n) is 4.97. The number of ether oxygens (including phenoxy) is 3. The van der Waals surface area contributed by atoms with Crippen LogP contribution in [0, 0.1) is 0 Å². The van der Waals surface area contributed by atoms with Gasteiger partial charge < -0.3 is 19.5 Å². The Hall–Kier alpha value is -3.55. The molecule has 0 saturated carbocycles. The zero-order valence-electron chi connectivity index (χ0n) is 18.6. The molecule has 0 atom stereocenters. The van der Waals surface area contributed by atoms with Crippen molar-refractivity contribution in [2.24, 2.45) is 0 Å². The summed E-state index contributed by atoms with van der Waals surface area (Å²) in [5, 5.41) is 4.35. The van der Waals surface area contributed by atoms with Crippen LogP contribution in [-0.4, -0.2) is 25.6 Å². The van der Waals surface area contributed by atoms with Crippen LogP contribution in [0.5, 0.6) is 11.5 Å². The zero-order valence-corrected chi connectivity index (χ0v) is 20.2. The molecule has 0 unspecified atom stereocenters. The largest absolute Gasteiger partial charge is 0.493 e. The molecule has 174 valence electrons. The Labute approximate surface area is 206 Å². The van der Waals surface area contributed by atoms with E-state index in [0.29, 0.717) is 39.3 Å². The van der Waals surface area contributed by atoms with Gasteiger partial charge in [-0.3, -0.25) is 4.79 Å². The normalized spacial score (nSPS) is 10.7. The molecule has 0 bridgehead atoms. The zero-order chi connectivity index (χ0) is 24.1. The van der Waals surface area contributed by atoms with Crippen LogP contribution in [0.4, 0.5) is 5.69 Å². The third kappa shape index (κ3) is 5.50. The van der Waals surface area contributed by atoms with Crippen molar-refractivity contribution in [1.82, 2.24) is 0 Å². The fraction of sp³-hybridized carbons (Fsp3) is 0.154. The minimum absolute atomic E-state index is 0.216. The Bertz CT molecular complexity index is 1350. The lowest BCUT2D eigenvalue weighted by Gasteiger charge is -2.14. The van der Waals surface area contributed by atoms with E-state index in [0.717, 1.165) is 15.6 Å². The Kier molecular flexibility index (Phi) is 7.35. The van der Waals surface area contributed by atoms with Gasteiger partial charge >= 0.3 is 5.97 Å². The van der Waals surface area contributed by atoms with Gasteiger partial charge in [0, 0.05) is 26.5 Å². The predicted octanol–water partition coefficient (Wildman–Crippen LogP) is 6.57. The number of halogens is 1. The molecule has 4 aromatic rings. The van der Waals surface area contributed by atoms with Gasteiger partial charge in [-0.15, -0.1) is 11.3 Å². The molecule has 0 aliphatic carbocycles. The van der Waals surface area contributed by atoms with Crippen LogP contribution in [0.2, 0.25) is 5.02 Å². The van der Waals surface area contributed by atoms with Crippen molar-refractivity contribution < 1.29 is 23.8 Å². The summed E-state index contributed by atoms with van der Waals surface area (Å²) in [6, 6.07) is 19.6. The maximum atomic E-state index is 13.0. The Morgan fingerprint density at radius 3 is 2.62 bits per heavy atom. The van der Waals surface area contributed by atoms with Crippen LogP contribution in [0.25, 0.3) is 10.1 Å². The molecule has 8 heteroatoms. The second-order valence-electron chi connectivity index (χ2n) is 7.31. The van der Waals surface area contributed by atoms with E-state index in [9.17, 15) is 9.59 Å². The second-order valence-corrected chi connectivity index (χ2v) is 8.83. The van der Waals surface area contributed by atoms with Crippen molar-refractivity contribution in [3.8, 4) is 11.5 Å². The van der Waals surface area contributed by atoms with E-state index in [4.69, 9.17) is 25.8 Å². The highest BCUT2D eigenvalue weighted by atomic mass is 35.5. The molecule has 0 spiro atoms. The van der Waals surface area contributed by atoms with Gasteiger partial charge in [-0.05, 0) is 73.0 Å². The lowest BCUT2D eigenvalue weighted by atomic mass is 10.1. The van der Waals surface area contributed by atoms with Crippen molar-refractivity contribution in [2.45, 2.75) is 13.5 Å². The molecule has 4 rings (SSSR count). The third-order valence-corrected chi connectivity index (χ3v) is 6.30. The summed E-state index contributed by atoms with van der Waals surface area (Å²) in [6.45, 7) is 2.60. The molecular formula is C26H22ClNO5S. The minimum atomic E-state index is -0.381. The average Bonchev–Trinajstić information content (AvgIpc) is 3.26. The van der Waals surface area contributed by atoms with Crippen LogP contribution in [0.1, 0.15) is 32.5 Å². The van der Waals surface area contributed by atoms with E-state index in [1.807, 2.05) is 31.2 Å². The van der Waals surface area contributed by atoms with E-state index in [2.05, 4.69) is 5.32 Å². The molecule has 1 heterocycles. The van der Waals surface area contributed by atoms with E-state index in [1.165, 1.54) is 18.4 Å². The van der Waals surface area contributed by atoms with Crippen molar-refractivity contribution in [3.63, 3.8) is 0 Å². The molecule has 1 aromatic heterocycles. The number of hydrogen-bond donors (Lipinski definition) is 1. The van der Waals surface area contributed by atoms with Crippen molar-refractivity contribution in [2.75, 3.05) is 19.0 Å². The van der Waals surface area contributed by atoms with Gasteiger partial charge in [-0.2, -0.15) is 0 Å². The number of methoxy groups -OCH3 is 1. The molecule has 0 aliphatic rings. The average molecular weight is 496 g/mol. The van der Waals surface area contributed by atoms with Gasteiger partial charge in [0.15, 0.2) is 0 Å². The van der Waals surface area contributed by atoms with E-state index in [1.54, 1.807) is 42.5 Å². The number of fused-ring (bicyclic) bond motifs is 1. The Morgan fingerprint density at radius 2 is 1.85 bits per heavy atom. The van der Waals surface area contributed by atoms with Crippen LogP contribution in [0.3, 0.4) is 0 Å². The molecular weight excluding hydrogens is 474 g/mol. The summed E-state index contributed by atoms with van der Waals surface area (Å²) in [4.78, 5) is 25.3.